The van der Waals surface area contributed by atoms with Crippen molar-refractivity contribution >= 4 is 17.3 Å². The zero-order valence-electron chi connectivity index (χ0n) is 11.0. The summed E-state index contributed by atoms with van der Waals surface area (Å²) in [5.41, 5.74) is 0.0263. The summed E-state index contributed by atoms with van der Waals surface area (Å²) in [4.78, 5) is 22.5. The number of nitro benzene ring substituents is 1. The summed E-state index contributed by atoms with van der Waals surface area (Å²) in [7, 11) is 0. The van der Waals surface area contributed by atoms with Gasteiger partial charge in [0.05, 0.1) is 4.92 Å². The van der Waals surface area contributed by atoms with Crippen LogP contribution in [0.4, 0.5) is 15.8 Å². The number of hydrogen-bond acceptors (Lipinski definition) is 4. The van der Waals surface area contributed by atoms with Gasteiger partial charge in [-0.1, -0.05) is 12.1 Å². The Balaban J connectivity index is 2.35. The highest BCUT2D eigenvalue weighted by Crippen LogP contribution is 2.25. The number of nitrogens with zero attached hydrogens (tertiary/aromatic N) is 1. The summed E-state index contributed by atoms with van der Waals surface area (Å²) < 4.78 is 13.2. The Bertz CT molecular complexity index is 731. The largest absolute Gasteiger partial charge is 0.505 e. The number of phenolic OH excluding ortho intramolecular Hbond substituents is 1. The van der Waals surface area contributed by atoms with Gasteiger partial charge in [-0.25, -0.2) is 4.39 Å². The monoisotopic (exact) mass is 290 g/mol. The molecule has 0 aliphatic carbocycles. The Morgan fingerprint density at radius 1 is 1.33 bits per heavy atom. The fourth-order valence-electron chi connectivity index (χ4n) is 1.87. The van der Waals surface area contributed by atoms with Gasteiger partial charge in [-0.3, -0.25) is 14.9 Å². The van der Waals surface area contributed by atoms with E-state index in [1.165, 1.54) is 31.2 Å². The number of rotatable bonds is 3. The van der Waals surface area contributed by atoms with Crippen LogP contribution >= 0.6 is 0 Å². The summed E-state index contributed by atoms with van der Waals surface area (Å²) in [6.45, 7) is 1.52. The van der Waals surface area contributed by atoms with Gasteiger partial charge in [0.2, 0.25) is 0 Å². The van der Waals surface area contributed by atoms with Crippen molar-refractivity contribution in [2.75, 3.05) is 5.32 Å². The minimum absolute atomic E-state index is 0.0890. The lowest BCUT2D eigenvalue weighted by Crippen LogP contribution is -2.14. The molecule has 2 aromatic rings. The van der Waals surface area contributed by atoms with Gasteiger partial charge in [0, 0.05) is 17.3 Å². The van der Waals surface area contributed by atoms with Gasteiger partial charge < -0.3 is 10.4 Å². The third-order valence-electron chi connectivity index (χ3n) is 2.87. The Kier molecular flexibility index (Phi) is 3.84. The minimum Gasteiger partial charge on any atom is -0.505 e. The number of nitrogens with one attached hydrogen (secondary N) is 1. The van der Waals surface area contributed by atoms with E-state index in [-0.39, 0.29) is 16.9 Å². The van der Waals surface area contributed by atoms with Gasteiger partial charge in [0.25, 0.3) is 11.6 Å². The number of para-hydroxylation sites is 1. The van der Waals surface area contributed by atoms with Crippen molar-refractivity contribution in [3.05, 3.63) is 63.5 Å². The number of anilines is 1. The molecule has 0 fully saturated rings. The first-order valence-electron chi connectivity index (χ1n) is 5.94. The number of benzene rings is 2. The Morgan fingerprint density at radius 3 is 2.67 bits per heavy atom. The number of halogens is 1. The van der Waals surface area contributed by atoms with E-state index in [0.717, 1.165) is 12.1 Å². The summed E-state index contributed by atoms with van der Waals surface area (Å²) in [5.74, 6) is -2.17. The van der Waals surface area contributed by atoms with Crippen molar-refractivity contribution in [3.8, 4) is 5.75 Å². The third-order valence-corrected chi connectivity index (χ3v) is 2.87. The lowest BCUT2D eigenvalue weighted by Gasteiger charge is -2.07. The van der Waals surface area contributed by atoms with Crippen LogP contribution in [0.1, 0.15) is 15.9 Å². The number of carbonyl (C=O) groups is 1. The lowest BCUT2D eigenvalue weighted by atomic mass is 10.1. The zero-order valence-corrected chi connectivity index (χ0v) is 11.0. The molecule has 7 heteroatoms. The number of aromatic hydroxyl groups is 1. The molecular formula is C14H11FN2O4. The number of carbonyl (C=O) groups excluding carboxylic acids is 1. The number of nitro groups is 1. The van der Waals surface area contributed by atoms with Crippen molar-refractivity contribution < 1.29 is 19.2 Å². The van der Waals surface area contributed by atoms with E-state index in [1.807, 2.05) is 0 Å². The average molecular weight is 290 g/mol. The van der Waals surface area contributed by atoms with E-state index < -0.39 is 22.4 Å². The highest BCUT2D eigenvalue weighted by atomic mass is 19.1. The maximum atomic E-state index is 13.2. The summed E-state index contributed by atoms with van der Waals surface area (Å²) >= 11 is 0. The highest BCUT2D eigenvalue weighted by molar-refractivity contribution is 6.07. The molecule has 0 bridgehead atoms. The molecule has 0 saturated heterocycles. The molecule has 0 radical (unpaired) electrons. The van der Waals surface area contributed by atoms with Crippen molar-refractivity contribution in [1.29, 1.82) is 0 Å². The second kappa shape index (κ2) is 5.58. The second-order valence-corrected chi connectivity index (χ2v) is 4.35. The summed E-state index contributed by atoms with van der Waals surface area (Å²) in [5, 5.41) is 22.5. The fraction of sp³-hybridized carbons (Fsp3) is 0.0714. The predicted molar refractivity (Wildman–Crippen MR) is 73.9 cm³/mol. The Hall–Kier alpha value is -2.96. The topological polar surface area (TPSA) is 92.5 Å². The van der Waals surface area contributed by atoms with Crippen LogP contribution < -0.4 is 5.32 Å². The van der Waals surface area contributed by atoms with E-state index in [1.54, 1.807) is 0 Å². The molecule has 0 heterocycles. The van der Waals surface area contributed by atoms with Gasteiger partial charge >= 0.3 is 0 Å². The maximum absolute atomic E-state index is 13.2. The summed E-state index contributed by atoms with van der Waals surface area (Å²) in [6.07, 6.45) is 0. The van der Waals surface area contributed by atoms with Gasteiger partial charge in [0.15, 0.2) is 11.6 Å². The molecule has 2 N–H and O–H groups in total. The van der Waals surface area contributed by atoms with E-state index >= 15 is 0 Å². The number of hydrogen-bond donors (Lipinski definition) is 2. The van der Waals surface area contributed by atoms with Gasteiger partial charge in [-0.2, -0.15) is 0 Å². The quantitative estimate of drug-likeness (QED) is 0.516. The van der Waals surface area contributed by atoms with Crippen LogP contribution in [0.15, 0.2) is 36.4 Å². The number of aryl methyl sites for hydroxylation is 1. The molecule has 0 atom stereocenters. The third kappa shape index (κ3) is 2.97. The van der Waals surface area contributed by atoms with E-state index in [9.17, 15) is 19.3 Å². The van der Waals surface area contributed by atoms with Crippen LogP contribution in [0.25, 0.3) is 0 Å². The standard InChI is InChI=1S/C14H11FN2O4/c1-8-3-2-4-10(13(8)17(20)21)14(19)16-9-5-6-12(18)11(15)7-9/h2-7,18H,1H3,(H,16,19). The average Bonchev–Trinajstić information content (AvgIpc) is 2.42. The van der Waals surface area contributed by atoms with E-state index in [0.29, 0.717) is 5.56 Å². The van der Waals surface area contributed by atoms with Crippen LogP contribution in [0.5, 0.6) is 5.75 Å². The van der Waals surface area contributed by atoms with Crippen LogP contribution in [0, 0.1) is 22.9 Å². The first kappa shape index (κ1) is 14.4. The molecule has 0 aromatic heterocycles. The zero-order chi connectivity index (χ0) is 15.6. The molecule has 0 spiro atoms. The minimum atomic E-state index is -0.897. The van der Waals surface area contributed by atoms with Crippen molar-refractivity contribution in [3.63, 3.8) is 0 Å². The van der Waals surface area contributed by atoms with E-state index in [4.69, 9.17) is 5.11 Å². The first-order chi connectivity index (χ1) is 9.90. The maximum Gasteiger partial charge on any atom is 0.285 e. The Morgan fingerprint density at radius 2 is 2.05 bits per heavy atom. The Labute approximate surface area is 119 Å². The number of amides is 1. The smallest absolute Gasteiger partial charge is 0.285 e. The number of phenols is 1. The molecule has 108 valence electrons. The van der Waals surface area contributed by atoms with Crippen LogP contribution in [0.2, 0.25) is 0 Å². The molecule has 1 amide bonds. The molecule has 2 aromatic carbocycles. The molecule has 0 aliphatic heterocycles. The van der Waals surface area contributed by atoms with Crippen molar-refractivity contribution in [1.82, 2.24) is 0 Å². The normalized spacial score (nSPS) is 10.2. The van der Waals surface area contributed by atoms with Crippen molar-refractivity contribution in [2.45, 2.75) is 6.92 Å². The van der Waals surface area contributed by atoms with Crippen molar-refractivity contribution in [2.24, 2.45) is 0 Å². The predicted octanol–water partition coefficient (Wildman–Crippen LogP) is 3.00. The molecule has 0 saturated carbocycles. The van der Waals surface area contributed by atoms with Gasteiger partial charge in [-0.15, -0.1) is 0 Å². The lowest BCUT2D eigenvalue weighted by molar-refractivity contribution is -0.385. The van der Waals surface area contributed by atoms with Crippen LogP contribution in [-0.4, -0.2) is 15.9 Å². The molecular weight excluding hydrogens is 279 g/mol. The SMILES string of the molecule is Cc1cccc(C(=O)Nc2ccc(O)c(F)c2)c1[N+](=O)[O-]. The summed E-state index contributed by atoms with van der Waals surface area (Å²) in [6, 6.07) is 7.66. The van der Waals surface area contributed by atoms with Gasteiger partial charge in [0.1, 0.15) is 5.56 Å². The molecule has 0 unspecified atom stereocenters. The first-order valence-corrected chi connectivity index (χ1v) is 5.94. The molecule has 0 aliphatic rings. The second-order valence-electron chi connectivity index (χ2n) is 4.35. The van der Waals surface area contributed by atoms with E-state index in [2.05, 4.69) is 5.32 Å². The molecule has 6 nitrogen and oxygen atoms in total. The van der Waals surface area contributed by atoms with Crippen LogP contribution in [0.3, 0.4) is 0 Å². The highest BCUT2D eigenvalue weighted by Gasteiger charge is 2.22. The molecule has 21 heavy (non-hydrogen) atoms. The molecule has 2 rings (SSSR count). The van der Waals surface area contributed by atoms with Gasteiger partial charge in [-0.05, 0) is 25.1 Å². The van der Waals surface area contributed by atoms with Crippen LogP contribution in [-0.2, 0) is 0 Å². The fourth-order valence-corrected chi connectivity index (χ4v) is 1.87.